The molecule has 0 spiro atoms. The molecule has 0 saturated carbocycles. The largest absolute Gasteiger partial charge is 0.497 e. The average Bonchev–Trinajstić information content (AvgIpc) is 3.33. The van der Waals surface area contributed by atoms with Crippen LogP contribution in [-0.2, 0) is 6.54 Å². The van der Waals surface area contributed by atoms with Gasteiger partial charge in [0.05, 0.1) is 26.1 Å². The van der Waals surface area contributed by atoms with Crippen LogP contribution < -0.4 is 20.8 Å². The zero-order chi connectivity index (χ0) is 22.2. The zero-order valence-electron chi connectivity index (χ0n) is 17.5. The summed E-state index contributed by atoms with van der Waals surface area (Å²) in [6.07, 6.45) is 3.30. The SMILES string of the molecule is COc1ccc(Nc2nc(NCc3ccco3)nc(NN=Cc3ccc(Br)cc3)n2)cc1.Cl. The van der Waals surface area contributed by atoms with E-state index >= 15 is 0 Å². The van der Waals surface area contributed by atoms with E-state index in [-0.39, 0.29) is 18.4 Å². The third-order valence-corrected chi connectivity index (χ3v) is 4.76. The van der Waals surface area contributed by atoms with Gasteiger partial charge in [-0.3, -0.25) is 0 Å². The van der Waals surface area contributed by atoms with Crippen molar-refractivity contribution in [1.29, 1.82) is 0 Å². The van der Waals surface area contributed by atoms with Crippen molar-refractivity contribution in [3.63, 3.8) is 0 Å². The van der Waals surface area contributed by atoms with E-state index in [1.807, 2.05) is 60.7 Å². The summed E-state index contributed by atoms with van der Waals surface area (Å²) in [5.74, 6) is 2.53. The number of aromatic nitrogens is 3. The minimum atomic E-state index is 0. The quantitative estimate of drug-likeness (QED) is 0.193. The van der Waals surface area contributed by atoms with E-state index in [2.05, 4.69) is 52.0 Å². The summed E-state index contributed by atoms with van der Waals surface area (Å²) in [7, 11) is 1.62. The fourth-order valence-electron chi connectivity index (χ4n) is 2.66. The second kappa shape index (κ2) is 11.8. The van der Waals surface area contributed by atoms with Crippen molar-refractivity contribution in [2.45, 2.75) is 6.54 Å². The molecule has 0 atom stereocenters. The molecule has 0 saturated heterocycles. The molecule has 2 aromatic heterocycles. The van der Waals surface area contributed by atoms with Gasteiger partial charge in [-0.25, -0.2) is 5.43 Å². The summed E-state index contributed by atoms with van der Waals surface area (Å²) in [6.45, 7) is 0.431. The number of rotatable bonds is 9. The first-order valence-corrected chi connectivity index (χ1v) is 10.5. The lowest BCUT2D eigenvalue weighted by molar-refractivity contribution is 0.415. The van der Waals surface area contributed by atoms with Gasteiger partial charge >= 0.3 is 0 Å². The predicted octanol–water partition coefficient (Wildman–Crippen LogP) is 5.46. The first-order chi connectivity index (χ1) is 15.7. The first-order valence-electron chi connectivity index (χ1n) is 9.66. The molecule has 33 heavy (non-hydrogen) atoms. The monoisotopic (exact) mass is 529 g/mol. The summed E-state index contributed by atoms with van der Waals surface area (Å²) in [5, 5.41) is 10.5. The van der Waals surface area contributed by atoms with Crippen molar-refractivity contribution >= 4 is 58.1 Å². The van der Waals surface area contributed by atoms with Crippen molar-refractivity contribution in [2.24, 2.45) is 5.10 Å². The van der Waals surface area contributed by atoms with Gasteiger partial charge in [0.1, 0.15) is 11.5 Å². The van der Waals surface area contributed by atoms with Crippen LogP contribution in [0.15, 0.2) is 80.9 Å². The fourth-order valence-corrected chi connectivity index (χ4v) is 2.92. The van der Waals surface area contributed by atoms with E-state index in [0.717, 1.165) is 27.2 Å². The number of hydrogen-bond acceptors (Lipinski definition) is 9. The molecular formula is C22H21BrClN7O2. The number of furan rings is 1. The molecule has 9 nitrogen and oxygen atoms in total. The normalized spacial score (nSPS) is 10.5. The lowest BCUT2D eigenvalue weighted by atomic mass is 10.2. The van der Waals surface area contributed by atoms with Crippen LogP contribution >= 0.6 is 28.3 Å². The molecule has 0 bridgehead atoms. The molecule has 4 aromatic rings. The summed E-state index contributed by atoms with van der Waals surface area (Å²) in [4.78, 5) is 13.2. The maximum absolute atomic E-state index is 5.35. The molecule has 11 heteroatoms. The van der Waals surface area contributed by atoms with Gasteiger partial charge in [-0.05, 0) is 54.1 Å². The van der Waals surface area contributed by atoms with Crippen LogP contribution in [0.3, 0.4) is 0 Å². The number of methoxy groups -OCH3 is 1. The summed E-state index contributed by atoms with van der Waals surface area (Å²) < 4.78 is 11.5. The zero-order valence-corrected chi connectivity index (χ0v) is 19.9. The predicted molar refractivity (Wildman–Crippen MR) is 135 cm³/mol. The van der Waals surface area contributed by atoms with Crippen LogP contribution in [-0.4, -0.2) is 28.3 Å². The van der Waals surface area contributed by atoms with Gasteiger partial charge < -0.3 is 19.8 Å². The first kappa shape index (κ1) is 24.0. The maximum atomic E-state index is 5.35. The van der Waals surface area contributed by atoms with Gasteiger partial charge in [0.15, 0.2) is 0 Å². The number of ether oxygens (including phenoxy) is 1. The van der Waals surface area contributed by atoms with Crippen LogP contribution in [0.4, 0.5) is 23.5 Å². The van der Waals surface area contributed by atoms with Crippen molar-refractivity contribution < 1.29 is 9.15 Å². The number of halogens is 2. The molecule has 170 valence electrons. The molecule has 0 aliphatic rings. The van der Waals surface area contributed by atoms with Crippen LogP contribution in [0.1, 0.15) is 11.3 Å². The number of hydrogen-bond donors (Lipinski definition) is 3. The van der Waals surface area contributed by atoms with Crippen LogP contribution in [0.5, 0.6) is 5.75 Å². The maximum Gasteiger partial charge on any atom is 0.250 e. The highest BCUT2D eigenvalue weighted by Crippen LogP contribution is 2.19. The second-order valence-corrected chi connectivity index (χ2v) is 7.43. The molecular weight excluding hydrogens is 510 g/mol. The third-order valence-electron chi connectivity index (χ3n) is 4.23. The Hall–Kier alpha value is -3.63. The summed E-state index contributed by atoms with van der Waals surface area (Å²) in [6, 6.07) is 18.9. The van der Waals surface area contributed by atoms with Crippen molar-refractivity contribution in [3.05, 3.63) is 82.7 Å². The minimum absolute atomic E-state index is 0. The van der Waals surface area contributed by atoms with Crippen molar-refractivity contribution in [1.82, 2.24) is 15.0 Å². The molecule has 2 heterocycles. The van der Waals surface area contributed by atoms with Gasteiger partial charge in [-0.2, -0.15) is 20.1 Å². The Kier molecular flexibility index (Phi) is 8.62. The van der Waals surface area contributed by atoms with E-state index in [9.17, 15) is 0 Å². The van der Waals surface area contributed by atoms with Crippen molar-refractivity contribution in [3.8, 4) is 5.75 Å². The summed E-state index contributed by atoms with van der Waals surface area (Å²) in [5.41, 5.74) is 4.59. The highest BCUT2D eigenvalue weighted by molar-refractivity contribution is 9.10. The Morgan fingerprint density at radius 3 is 2.39 bits per heavy atom. The number of benzene rings is 2. The molecule has 0 radical (unpaired) electrons. The van der Waals surface area contributed by atoms with Gasteiger partial charge in [-0.15, -0.1) is 12.4 Å². The van der Waals surface area contributed by atoms with E-state index in [0.29, 0.717) is 18.4 Å². The molecule has 0 aliphatic heterocycles. The Balaban J connectivity index is 0.00000306. The Morgan fingerprint density at radius 1 is 0.970 bits per heavy atom. The number of anilines is 4. The van der Waals surface area contributed by atoms with Gasteiger partial charge in [0.25, 0.3) is 0 Å². The minimum Gasteiger partial charge on any atom is -0.497 e. The Labute approximate surface area is 205 Å². The molecule has 0 amide bonds. The van der Waals surface area contributed by atoms with Gasteiger partial charge in [-0.1, -0.05) is 28.1 Å². The van der Waals surface area contributed by atoms with Gasteiger partial charge in [0.2, 0.25) is 17.8 Å². The van der Waals surface area contributed by atoms with E-state index < -0.39 is 0 Å². The highest BCUT2D eigenvalue weighted by atomic mass is 79.9. The molecule has 0 fully saturated rings. The van der Waals surface area contributed by atoms with E-state index in [4.69, 9.17) is 9.15 Å². The molecule has 0 aliphatic carbocycles. The van der Waals surface area contributed by atoms with E-state index in [1.165, 1.54) is 0 Å². The molecule has 2 aromatic carbocycles. The van der Waals surface area contributed by atoms with Crippen molar-refractivity contribution in [2.75, 3.05) is 23.2 Å². The highest BCUT2D eigenvalue weighted by Gasteiger charge is 2.08. The molecule has 0 unspecified atom stereocenters. The summed E-state index contributed by atoms with van der Waals surface area (Å²) >= 11 is 3.42. The van der Waals surface area contributed by atoms with Crippen LogP contribution in [0.25, 0.3) is 0 Å². The molecule has 4 rings (SSSR count). The van der Waals surface area contributed by atoms with Gasteiger partial charge in [0, 0.05) is 10.2 Å². The number of hydrazone groups is 1. The molecule has 3 N–H and O–H groups in total. The second-order valence-electron chi connectivity index (χ2n) is 6.51. The number of nitrogens with zero attached hydrogens (tertiary/aromatic N) is 4. The smallest absolute Gasteiger partial charge is 0.250 e. The van der Waals surface area contributed by atoms with Crippen LogP contribution in [0.2, 0.25) is 0 Å². The number of nitrogens with one attached hydrogen (secondary N) is 3. The third kappa shape index (κ3) is 7.19. The van der Waals surface area contributed by atoms with Crippen LogP contribution in [0, 0.1) is 0 Å². The lowest BCUT2D eigenvalue weighted by Gasteiger charge is -2.10. The van der Waals surface area contributed by atoms with E-state index in [1.54, 1.807) is 19.6 Å². The Morgan fingerprint density at radius 2 is 1.70 bits per heavy atom. The Bertz CT molecular complexity index is 1170. The fraction of sp³-hybridized carbons (Fsp3) is 0.0909. The standard InChI is InChI=1S/C22H20BrN7O2.ClH/c1-31-18-10-8-17(9-11-18)26-21-27-20(24-14-19-3-2-12-32-19)28-22(29-21)30-25-13-15-4-6-16(23)7-5-15;/h2-13H,14H2,1H3,(H3,24,26,27,28,29,30);1H. The average molecular weight is 531 g/mol. The topological polar surface area (TPSA) is 109 Å². The lowest BCUT2D eigenvalue weighted by Crippen LogP contribution is -2.09.